The fraction of sp³-hybridized carbons (Fsp3) is 1.00. The molecule has 2 heteroatoms. The first-order valence-corrected chi connectivity index (χ1v) is 24.6. The van der Waals surface area contributed by atoms with E-state index in [1.165, 1.54) is 218 Å². The zero-order chi connectivity index (χ0) is 29.5. The van der Waals surface area contributed by atoms with Gasteiger partial charge in [-0.05, 0) is 0 Å². The molecule has 0 nitrogen and oxygen atoms in total. The summed E-state index contributed by atoms with van der Waals surface area (Å²) in [6.07, 6.45) is 49.8. The van der Waals surface area contributed by atoms with Gasteiger partial charge in [0.25, 0.3) is 0 Å². The van der Waals surface area contributed by atoms with E-state index in [0.717, 1.165) is 0 Å². The average molecular weight is 648 g/mol. The summed E-state index contributed by atoms with van der Waals surface area (Å²) in [6.45, 7) is 9.82. The van der Waals surface area contributed by atoms with E-state index < -0.39 is 5.31 Å². The molecule has 0 unspecified atom stereocenters. The second-order valence-electron chi connectivity index (χ2n) is 14.6. The van der Waals surface area contributed by atoms with Gasteiger partial charge in [0.05, 0.1) is 0 Å². The first-order valence-electron chi connectivity index (χ1n) is 19.1. The van der Waals surface area contributed by atoms with Gasteiger partial charge in [0.2, 0.25) is 0 Å². The zero-order valence-electron chi connectivity index (χ0n) is 28.9. The Kier molecular flexibility index (Phi) is 30.6. The summed E-state index contributed by atoms with van der Waals surface area (Å²) in [7, 11) is 0. The third-order valence-electron chi connectivity index (χ3n) is 9.40. The molecule has 0 bridgehead atoms. The van der Waals surface area contributed by atoms with E-state index in [9.17, 15) is 0 Å². The van der Waals surface area contributed by atoms with E-state index in [1.54, 1.807) is 0 Å². The smallest absolute Gasteiger partial charge is 0.0654 e. The molecule has 0 heterocycles. The van der Waals surface area contributed by atoms with Crippen LogP contribution in [0.5, 0.6) is 0 Å². The van der Waals surface area contributed by atoms with Gasteiger partial charge in [0.1, 0.15) is 0 Å². The molecule has 0 N–H and O–H groups in total. The van der Waals surface area contributed by atoms with Crippen molar-refractivity contribution in [2.45, 2.75) is 219 Å². The molecule has 0 rings (SSSR count). The summed E-state index contributed by atoms with van der Waals surface area (Å²) in [5.74, 6) is 0. The summed E-state index contributed by atoms with van der Waals surface area (Å²) < 4.78 is 0. The second kappa shape index (κ2) is 30.0. The standard InChI is InChI=1S/C38H80BrP/c1-5-7-9-11-13-15-17-19-21-23-25-27-29-31-33-35-37-40(3,4,39)38-36-34-32-30-28-26-24-22-20-18-16-14-12-10-8-6-2/h5-38H2,1-4H3. The van der Waals surface area contributed by atoms with Gasteiger partial charge in [-0.2, -0.15) is 0 Å². The Bertz CT molecular complexity index is 440. The van der Waals surface area contributed by atoms with Gasteiger partial charge < -0.3 is 0 Å². The Labute approximate surface area is 264 Å². The van der Waals surface area contributed by atoms with Crippen LogP contribution in [0.3, 0.4) is 0 Å². The van der Waals surface area contributed by atoms with Crippen LogP contribution in [0.1, 0.15) is 219 Å². The van der Waals surface area contributed by atoms with Crippen LogP contribution in [0.2, 0.25) is 0 Å². The van der Waals surface area contributed by atoms with Crippen LogP contribution in [0.4, 0.5) is 0 Å². The van der Waals surface area contributed by atoms with Crippen LogP contribution in [0, 0.1) is 0 Å². The Morgan fingerprint density at radius 2 is 0.425 bits per heavy atom. The monoisotopic (exact) mass is 647 g/mol. The Morgan fingerprint density at radius 3 is 0.600 bits per heavy atom. The molecule has 0 radical (unpaired) electrons. The molecular weight excluding hydrogens is 567 g/mol. The van der Waals surface area contributed by atoms with Crippen molar-refractivity contribution in [2.24, 2.45) is 0 Å². The van der Waals surface area contributed by atoms with E-state index >= 15 is 0 Å². The minimum atomic E-state index is -1.58. The summed E-state index contributed by atoms with van der Waals surface area (Å²) in [5, 5.41) is -1.58. The summed E-state index contributed by atoms with van der Waals surface area (Å²) >= 11 is 4.31. The molecule has 0 aliphatic heterocycles. The Morgan fingerprint density at radius 1 is 0.275 bits per heavy atom. The van der Waals surface area contributed by atoms with Gasteiger partial charge >= 0.3 is 188 Å². The third kappa shape index (κ3) is 33.4. The first kappa shape index (κ1) is 40.9. The molecule has 0 aromatic heterocycles. The second-order valence-corrected chi connectivity index (χ2v) is 27.8. The molecule has 0 saturated carbocycles. The molecule has 40 heavy (non-hydrogen) atoms. The van der Waals surface area contributed by atoms with Gasteiger partial charge in [-0.25, -0.2) is 0 Å². The van der Waals surface area contributed by atoms with Crippen LogP contribution < -0.4 is 0 Å². The molecule has 0 atom stereocenters. The number of rotatable bonds is 34. The maximum absolute atomic E-state index is 4.31. The van der Waals surface area contributed by atoms with Crippen molar-refractivity contribution in [1.82, 2.24) is 0 Å². The van der Waals surface area contributed by atoms with Crippen molar-refractivity contribution in [3.63, 3.8) is 0 Å². The van der Waals surface area contributed by atoms with Gasteiger partial charge in [-0.3, -0.25) is 0 Å². The summed E-state index contributed by atoms with van der Waals surface area (Å²) in [5.41, 5.74) is 0. The third-order valence-corrected chi connectivity index (χ3v) is 14.9. The quantitative estimate of drug-likeness (QED) is 0.0482. The molecule has 0 amide bonds. The fourth-order valence-corrected chi connectivity index (χ4v) is 10.5. The zero-order valence-corrected chi connectivity index (χ0v) is 31.3. The van der Waals surface area contributed by atoms with Crippen LogP contribution in [-0.2, 0) is 0 Å². The van der Waals surface area contributed by atoms with Crippen LogP contribution in [-0.4, -0.2) is 25.7 Å². The van der Waals surface area contributed by atoms with Gasteiger partial charge in [-0.15, -0.1) is 0 Å². The number of halogens is 1. The molecular formula is C38H80BrP. The molecule has 0 aliphatic rings. The molecule has 0 aliphatic carbocycles. The van der Waals surface area contributed by atoms with Gasteiger partial charge in [0.15, 0.2) is 0 Å². The van der Waals surface area contributed by atoms with Gasteiger partial charge in [0, 0.05) is 0 Å². The number of unbranched alkanes of at least 4 members (excludes halogenated alkanes) is 30. The van der Waals surface area contributed by atoms with Crippen molar-refractivity contribution < 1.29 is 0 Å². The van der Waals surface area contributed by atoms with Crippen molar-refractivity contribution >= 4 is 20.8 Å². The SMILES string of the molecule is CCCCCCCCCCCCCCCCCCP(C)(C)(Br)CCCCCCCCCCCCCCCCCC. The van der Waals surface area contributed by atoms with Crippen molar-refractivity contribution in [1.29, 1.82) is 0 Å². The molecule has 0 saturated heterocycles. The summed E-state index contributed by atoms with van der Waals surface area (Å²) in [4.78, 5) is 0. The summed E-state index contributed by atoms with van der Waals surface area (Å²) in [6, 6.07) is 0. The van der Waals surface area contributed by atoms with E-state index in [1.807, 2.05) is 0 Å². The molecule has 244 valence electrons. The van der Waals surface area contributed by atoms with E-state index in [-0.39, 0.29) is 0 Å². The molecule has 0 spiro atoms. The van der Waals surface area contributed by atoms with Crippen LogP contribution >= 0.6 is 20.8 Å². The molecule has 0 aromatic carbocycles. The van der Waals surface area contributed by atoms with E-state index in [0.29, 0.717) is 0 Å². The average Bonchev–Trinajstić information content (AvgIpc) is 2.92. The van der Waals surface area contributed by atoms with Crippen molar-refractivity contribution in [3.8, 4) is 0 Å². The fourth-order valence-electron chi connectivity index (χ4n) is 6.41. The van der Waals surface area contributed by atoms with Crippen molar-refractivity contribution in [3.05, 3.63) is 0 Å². The topological polar surface area (TPSA) is 0 Å². The number of hydrogen-bond acceptors (Lipinski definition) is 0. The molecule has 0 fully saturated rings. The predicted molar refractivity (Wildman–Crippen MR) is 197 cm³/mol. The number of hydrogen-bond donors (Lipinski definition) is 0. The van der Waals surface area contributed by atoms with Gasteiger partial charge in [-0.1, -0.05) is 78.1 Å². The first-order chi connectivity index (χ1) is 19.4. The van der Waals surface area contributed by atoms with E-state index in [4.69, 9.17) is 0 Å². The van der Waals surface area contributed by atoms with Crippen LogP contribution in [0.25, 0.3) is 0 Å². The molecule has 0 aromatic rings. The predicted octanol–water partition coefficient (Wildman–Crippen LogP) is 15.6. The maximum atomic E-state index is 4.31. The minimum Gasteiger partial charge on any atom is -0.0654 e. The van der Waals surface area contributed by atoms with Crippen molar-refractivity contribution in [2.75, 3.05) is 25.7 Å². The normalized spacial score (nSPS) is 13.1. The van der Waals surface area contributed by atoms with E-state index in [2.05, 4.69) is 42.7 Å². The Hall–Kier alpha value is 0.910. The Balaban J connectivity index is 3.40. The minimum absolute atomic E-state index is 1.37. The van der Waals surface area contributed by atoms with Crippen LogP contribution in [0.15, 0.2) is 0 Å².